The highest BCUT2D eigenvalue weighted by molar-refractivity contribution is 6.36. The highest BCUT2D eigenvalue weighted by Gasteiger charge is 2.30. The van der Waals surface area contributed by atoms with Crippen molar-refractivity contribution in [1.82, 2.24) is 14.5 Å². The highest BCUT2D eigenvalue weighted by Crippen LogP contribution is 2.31. The molecule has 9 heteroatoms. The van der Waals surface area contributed by atoms with E-state index in [1.165, 1.54) is 0 Å². The number of nitrogens with one attached hydrogen (secondary N) is 1. The van der Waals surface area contributed by atoms with E-state index in [1.54, 1.807) is 70.1 Å². The van der Waals surface area contributed by atoms with Crippen LogP contribution in [0.15, 0.2) is 102 Å². The number of carbonyl (C=O) groups excluding carboxylic acids is 1. The topological polar surface area (TPSA) is 67.2 Å². The summed E-state index contributed by atoms with van der Waals surface area (Å²) in [7, 11) is 0. The maximum atomic E-state index is 14.0. The van der Waals surface area contributed by atoms with Crippen molar-refractivity contribution < 1.29 is 4.79 Å². The van der Waals surface area contributed by atoms with Gasteiger partial charge in [-0.25, -0.2) is 9.78 Å². The van der Waals surface area contributed by atoms with Crippen LogP contribution in [-0.4, -0.2) is 20.5 Å². The van der Waals surface area contributed by atoms with Gasteiger partial charge in [0.1, 0.15) is 5.82 Å². The zero-order chi connectivity index (χ0) is 28.2. The summed E-state index contributed by atoms with van der Waals surface area (Å²) in [5.41, 5.74) is 2.25. The maximum absolute atomic E-state index is 14.0. The molecule has 5 rings (SSSR count). The molecule has 0 saturated heterocycles. The molecule has 0 aliphatic heterocycles. The Morgan fingerprint density at radius 3 is 2.27 bits per heavy atom. The van der Waals surface area contributed by atoms with Crippen LogP contribution in [0.5, 0.6) is 0 Å². The Hall–Kier alpha value is -3.84. The number of urea groups is 1. The van der Waals surface area contributed by atoms with E-state index in [-0.39, 0.29) is 12.1 Å². The average molecular weight is 592 g/mol. The van der Waals surface area contributed by atoms with E-state index in [4.69, 9.17) is 39.8 Å². The van der Waals surface area contributed by atoms with Gasteiger partial charge in [-0.1, -0.05) is 84.2 Å². The molecule has 0 fully saturated rings. The van der Waals surface area contributed by atoms with Gasteiger partial charge in [-0.05, 0) is 66.6 Å². The van der Waals surface area contributed by atoms with Gasteiger partial charge in [0, 0.05) is 16.6 Å². The molecule has 1 N–H and O–H groups in total. The summed E-state index contributed by atoms with van der Waals surface area (Å²) in [4.78, 5) is 34.5. The lowest BCUT2D eigenvalue weighted by atomic mass is 10.1. The van der Waals surface area contributed by atoms with Crippen LogP contribution < -0.4 is 10.9 Å². The first kappa shape index (κ1) is 27.7. The van der Waals surface area contributed by atoms with Crippen molar-refractivity contribution in [1.29, 1.82) is 0 Å². The predicted octanol–water partition coefficient (Wildman–Crippen LogP) is 8.53. The zero-order valence-corrected chi connectivity index (χ0v) is 23.8. The molecule has 0 bridgehead atoms. The molecule has 1 heterocycles. The Labute approximate surface area is 246 Å². The predicted molar refractivity (Wildman–Crippen MR) is 163 cm³/mol. The number of halogens is 3. The molecule has 6 nitrogen and oxygen atoms in total. The van der Waals surface area contributed by atoms with E-state index in [0.29, 0.717) is 49.6 Å². The Kier molecular flexibility index (Phi) is 8.40. The maximum Gasteiger partial charge on any atom is 0.322 e. The molecule has 0 aliphatic rings. The number of nitrogens with zero attached hydrogens (tertiary/aromatic N) is 3. The third-order valence-electron chi connectivity index (χ3n) is 6.58. The fourth-order valence-electron chi connectivity index (χ4n) is 4.64. The smallest absolute Gasteiger partial charge is 0.310 e. The number of aromatic nitrogens is 2. The van der Waals surface area contributed by atoms with Crippen molar-refractivity contribution in [2.45, 2.75) is 25.9 Å². The average Bonchev–Trinajstić information content (AvgIpc) is 2.96. The van der Waals surface area contributed by atoms with Gasteiger partial charge >= 0.3 is 6.03 Å². The Bertz CT molecular complexity index is 1720. The van der Waals surface area contributed by atoms with E-state index >= 15 is 0 Å². The molecular weight excluding hydrogens is 567 g/mol. The molecule has 40 heavy (non-hydrogen) atoms. The summed E-state index contributed by atoms with van der Waals surface area (Å²) in [6, 6.07) is 27.7. The number of rotatable bonds is 7. The molecule has 1 aromatic heterocycles. The van der Waals surface area contributed by atoms with Gasteiger partial charge in [0.2, 0.25) is 0 Å². The third-order valence-corrected chi connectivity index (χ3v) is 7.38. The van der Waals surface area contributed by atoms with Gasteiger partial charge in [0.15, 0.2) is 0 Å². The van der Waals surface area contributed by atoms with E-state index in [1.807, 2.05) is 43.3 Å². The number of benzene rings is 4. The molecule has 0 saturated carbocycles. The van der Waals surface area contributed by atoms with Gasteiger partial charge in [-0.2, -0.15) is 0 Å². The second-order valence-corrected chi connectivity index (χ2v) is 10.5. The zero-order valence-electron chi connectivity index (χ0n) is 21.5. The second kappa shape index (κ2) is 12.1. The first-order chi connectivity index (χ1) is 19.4. The van der Waals surface area contributed by atoms with Crippen molar-refractivity contribution in [3.05, 3.63) is 134 Å². The van der Waals surface area contributed by atoms with Crippen molar-refractivity contribution >= 4 is 57.4 Å². The summed E-state index contributed by atoms with van der Waals surface area (Å²) in [5, 5.41) is 4.72. The van der Waals surface area contributed by atoms with Crippen LogP contribution in [0.4, 0.5) is 10.5 Å². The Morgan fingerprint density at radius 2 is 1.57 bits per heavy atom. The van der Waals surface area contributed by atoms with Gasteiger partial charge in [-0.15, -0.1) is 0 Å². The summed E-state index contributed by atoms with van der Waals surface area (Å²) >= 11 is 18.6. The number of fused-ring (bicyclic) bond motifs is 1. The van der Waals surface area contributed by atoms with Crippen LogP contribution in [0.25, 0.3) is 16.6 Å². The van der Waals surface area contributed by atoms with Gasteiger partial charge in [-0.3, -0.25) is 9.36 Å². The van der Waals surface area contributed by atoms with Crippen molar-refractivity contribution in [3.8, 4) is 5.69 Å². The summed E-state index contributed by atoms with van der Waals surface area (Å²) < 4.78 is 1.56. The van der Waals surface area contributed by atoms with Crippen LogP contribution in [0.1, 0.15) is 30.8 Å². The van der Waals surface area contributed by atoms with E-state index < -0.39 is 12.1 Å². The van der Waals surface area contributed by atoms with E-state index in [9.17, 15) is 9.59 Å². The lowest BCUT2D eigenvalue weighted by Crippen LogP contribution is -2.40. The molecule has 202 valence electrons. The first-order valence-corrected chi connectivity index (χ1v) is 13.8. The van der Waals surface area contributed by atoms with Gasteiger partial charge in [0.05, 0.1) is 33.3 Å². The van der Waals surface area contributed by atoms with Crippen molar-refractivity contribution in [2.75, 3.05) is 5.32 Å². The Morgan fingerprint density at radius 1 is 0.900 bits per heavy atom. The third kappa shape index (κ3) is 5.85. The van der Waals surface area contributed by atoms with Crippen LogP contribution in [0.3, 0.4) is 0 Å². The molecule has 5 aromatic rings. The number of anilines is 1. The summed E-state index contributed by atoms with van der Waals surface area (Å²) in [6.07, 6.45) is 0.479. The molecule has 1 unspecified atom stereocenters. The first-order valence-electron chi connectivity index (χ1n) is 12.7. The molecule has 2 amide bonds. The minimum absolute atomic E-state index is 0.234. The highest BCUT2D eigenvalue weighted by atomic mass is 35.5. The van der Waals surface area contributed by atoms with Gasteiger partial charge < -0.3 is 10.2 Å². The fraction of sp³-hybridized carbons (Fsp3) is 0.129. The number of para-hydroxylation sites is 1. The lowest BCUT2D eigenvalue weighted by molar-refractivity contribution is 0.177. The standard InChI is InChI=1S/C31H25Cl3N4O2/c1-2-28(29-35-26-11-7-6-10-24(26)30(39)38(29)23-15-12-21(32)13-16-23)37(19-20-8-4-3-5-9-20)31(40)36-27-17-14-22(33)18-25(27)34/h3-18,28H,2,19H2,1H3,(H,36,40). The van der Waals surface area contributed by atoms with Crippen molar-refractivity contribution in [3.63, 3.8) is 0 Å². The molecule has 0 aliphatic carbocycles. The van der Waals surface area contributed by atoms with E-state index in [0.717, 1.165) is 5.56 Å². The van der Waals surface area contributed by atoms with Crippen LogP contribution >= 0.6 is 34.8 Å². The minimum Gasteiger partial charge on any atom is -0.310 e. The molecule has 4 aromatic carbocycles. The molecule has 0 radical (unpaired) electrons. The lowest BCUT2D eigenvalue weighted by Gasteiger charge is -2.32. The second-order valence-electron chi connectivity index (χ2n) is 9.20. The quantitative estimate of drug-likeness (QED) is 0.206. The SMILES string of the molecule is CCC(c1nc2ccccc2c(=O)n1-c1ccc(Cl)cc1)N(Cc1ccccc1)C(=O)Nc1ccc(Cl)cc1Cl. The summed E-state index contributed by atoms with van der Waals surface area (Å²) in [6.45, 7) is 2.22. The monoisotopic (exact) mass is 590 g/mol. The number of carbonyl (C=O) groups is 1. The normalized spacial score (nSPS) is 11.8. The number of amides is 2. The fourth-order valence-corrected chi connectivity index (χ4v) is 5.22. The van der Waals surface area contributed by atoms with Crippen LogP contribution in [0, 0.1) is 0 Å². The van der Waals surface area contributed by atoms with E-state index in [2.05, 4.69) is 5.32 Å². The minimum atomic E-state index is -0.584. The molecule has 1 atom stereocenters. The number of hydrogen-bond donors (Lipinski definition) is 1. The van der Waals surface area contributed by atoms with Crippen LogP contribution in [-0.2, 0) is 6.54 Å². The van der Waals surface area contributed by atoms with Crippen molar-refractivity contribution in [2.24, 2.45) is 0 Å². The Balaban J connectivity index is 1.67. The number of hydrogen-bond acceptors (Lipinski definition) is 3. The van der Waals surface area contributed by atoms with Crippen LogP contribution in [0.2, 0.25) is 15.1 Å². The molecule has 0 spiro atoms. The van der Waals surface area contributed by atoms with Gasteiger partial charge in [0.25, 0.3) is 5.56 Å². The molecular formula is C31H25Cl3N4O2. The summed E-state index contributed by atoms with van der Waals surface area (Å²) in [5.74, 6) is 0.432. The largest absolute Gasteiger partial charge is 0.322 e.